The molecule has 0 aliphatic rings. The van der Waals surface area contributed by atoms with Gasteiger partial charge in [0.05, 0.1) is 23.0 Å². The Morgan fingerprint density at radius 2 is 2.15 bits per heavy atom. The molecule has 0 bridgehead atoms. The molecule has 2 aromatic heterocycles. The lowest BCUT2D eigenvalue weighted by Crippen LogP contribution is -2.26. The fraction of sp³-hybridized carbons (Fsp3) is 0.533. The molecule has 2 rings (SSSR count). The summed E-state index contributed by atoms with van der Waals surface area (Å²) in [5.74, 6) is 0. The molecule has 110 valence electrons. The van der Waals surface area contributed by atoms with E-state index < -0.39 is 0 Å². The summed E-state index contributed by atoms with van der Waals surface area (Å²) in [4.78, 5) is 2.61. The quantitative estimate of drug-likeness (QED) is 0.846. The highest BCUT2D eigenvalue weighted by atomic mass is 35.5. The van der Waals surface area contributed by atoms with Gasteiger partial charge in [-0.15, -0.1) is 11.3 Å². The Balaban J connectivity index is 2.43. The number of nitrogens with one attached hydrogen (secondary N) is 1. The number of thiophene rings is 1. The predicted molar refractivity (Wildman–Crippen MR) is 86.8 cm³/mol. The third-order valence-electron chi connectivity index (χ3n) is 3.19. The van der Waals surface area contributed by atoms with Crippen molar-refractivity contribution in [2.24, 2.45) is 0 Å². The lowest BCUT2D eigenvalue weighted by atomic mass is 10.1. The van der Waals surface area contributed by atoms with Crippen molar-refractivity contribution < 1.29 is 0 Å². The molecule has 0 spiro atoms. The maximum Gasteiger partial charge on any atom is 0.0857 e. The third-order valence-corrected chi connectivity index (χ3v) is 4.55. The van der Waals surface area contributed by atoms with Gasteiger partial charge in [-0.1, -0.05) is 18.5 Å². The van der Waals surface area contributed by atoms with Crippen LogP contribution in [0.2, 0.25) is 5.02 Å². The summed E-state index contributed by atoms with van der Waals surface area (Å²) in [5.41, 5.74) is 1.07. The van der Waals surface area contributed by atoms with Gasteiger partial charge >= 0.3 is 0 Å². The molecule has 0 saturated carbocycles. The van der Waals surface area contributed by atoms with Gasteiger partial charge in [0.25, 0.3) is 0 Å². The van der Waals surface area contributed by atoms with Crippen molar-refractivity contribution in [1.29, 1.82) is 0 Å². The van der Waals surface area contributed by atoms with Gasteiger partial charge in [-0.3, -0.25) is 4.68 Å². The first-order valence-corrected chi connectivity index (χ1v) is 8.26. The molecule has 0 amide bonds. The van der Waals surface area contributed by atoms with Crippen molar-refractivity contribution in [1.82, 2.24) is 15.1 Å². The van der Waals surface area contributed by atoms with E-state index in [1.165, 1.54) is 9.75 Å². The number of aryl methyl sites for hydroxylation is 1. The lowest BCUT2D eigenvalue weighted by molar-refractivity contribution is 0.474. The van der Waals surface area contributed by atoms with Crippen molar-refractivity contribution >= 4 is 22.9 Å². The second-order valence-electron chi connectivity index (χ2n) is 5.25. The zero-order valence-corrected chi connectivity index (χ0v) is 14.1. The number of aromatic nitrogens is 2. The van der Waals surface area contributed by atoms with Gasteiger partial charge in [0.1, 0.15) is 0 Å². The second-order valence-corrected chi connectivity index (χ2v) is 6.98. The number of hydrogen-bond donors (Lipinski definition) is 1. The summed E-state index contributed by atoms with van der Waals surface area (Å²) in [7, 11) is 0. The van der Waals surface area contributed by atoms with Gasteiger partial charge in [0.2, 0.25) is 0 Å². The first-order valence-electron chi connectivity index (χ1n) is 7.07. The summed E-state index contributed by atoms with van der Waals surface area (Å²) < 4.78 is 2.02. The van der Waals surface area contributed by atoms with Crippen LogP contribution in [-0.2, 0) is 0 Å². The summed E-state index contributed by atoms with van der Waals surface area (Å²) >= 11 is 8.21. The molecule has 0 aliphatic heterocycles. The SMILES string of the molecule is CCCNC(c1ccc(C)s1)c1c(Cl)cnn1C(C)C. The standard InChI is InChI=1S/C15H22ClN3S/c1-5-8-17-14(13-7-6-11(4)20-13)15-12(16)9-18-19(15)10(2)3/h6-7,9-10,14,17H,5,8H2,1-4H3. The molecule has 0 radical (unpaired) electrons. The molecule has 2 aromatic rings. The highest BCUT2D eigenvalue weighted by Gasteiger charge is 2.23. The van der Waals surface area contributed by atoms with Crippen LogP contribution in [0.4, 0.5) is 0 Å². The zero-order valence-electron chi connectivity index (χ0n) is 12.5. The minimum Gasteiger partial charge on any atom is -0.304 e. The largest absolute Gasteiger partial charge is 0.304 e. The van der Waals surface area contributed by atoms with Crippen LogP contribution >= 0.6 is 22.9 Å². The first kappa shape index (κ1) is 15.5. The average molecular weight is 312 g/mol. The molecule has 1 unspecified atom stereocenters. The molecule has 0 aromatic carbocycles. The van der Waals surface area contributed by atoms with Crippen LogP contribution in [0.25, 0.3) is 0 Å². The van der Waals surface area contributed by atoms with Crippen molar-refractivity contribution in [3.8, 4) is 0 Å². The molecule has 0 aliphatic carbocycles. The van der Waals surface area contributed by atoms with Gasteiger partial charge in [0, 0.05) is 15.8 Å². The average Bonchev–Trinajstić information content (AvgIpc) is 2.98. The zero-order chi connectivity index (χ0) is 14.7. The minimum atomic E-state index is 0.117. The molecule has 1 N–H and O–H groups in total. The van der Waals surface area contributed by atoms with E-state index in [-0.39, 0.29) is 6.04 Å². The van der Waals surface area contributed by atoms with E-state index in [9.17, 15) is 0 Å². The molecule has 20 heavy (non-hydrogen) atoms. The first-order chi connectivity index (χ1) is 9.54. The minimum absolute atomic E-state index is 0.117. The summed E-state index contributed by atoms with van der Waals surface area (Å²) in [6, 6.07) is 4.75. The maximum absolute atomic E-state index is 6.40. The molecular formula is C15H22ClN3S. The molecule has 0 fully saturated rings. The molecule has 0 saturated heterocycles. The van der Waals surface area contributed by atoms with Crippen molar-refractivity contribution in [3.05, 3.63) is 38.8 Å². The van der Waals surface area contributed by atoms with Crippen LogP contribution in [0.3, 0.4) is 0 Å². The van der Waals surface area contributed by atoms with Crippen LogP contribution in [0.5, 0.6) is 0 Å². The van der Waals surface area contributed by atoms with Crippen molar-refractivity contribution in [3.63, 3.8) is 0 Å². The van der Waals surface area contributed by atoms with Crippen LogP contribution < -0.4 is 5.32 Å². The smallest absolute Gasteiger partial charge is 0.0857 e. The Bertz CT molecular complexity index is 559. The molecule has 3 nitrogen and oxygen atoms in total. The Kier molecular flexibility index (Phi) is 5.24. The summed E-state index contributed by atoms with van der Waals surface area (Å²) in [6.07, 6.45) is 2.84. The van der Waals surface area contributed by atoms with Crippen LogP contribution in [-0.4, -0.2) is 16.3 Å². The molecule has 5 heteroatoms. The van der Waals surface area contributed by atoms with E-state index >= 15 is 0 Å². The van der Waals surface area contributed by atoms with Crippen LogP contribution in [0.15, 0.2) is 18.3 Å². The van der Waals surface area contributed by atoms with E-state index in [0.29, 0.717) is 6.04 Å². The fourth-order valence-corrected chi connectivity index (χ4v) is 3.46. The van der Waals surface area contributed by atoms with Gasteiger partial charge < -0.3 is 5.32 Å². The van der Waals surface area contributed by atoms with Crippen molar-refractivity contribution in [2.75, 3.05) is 6.54 Å². The van der Waals surface area contributed by atoms with E-state index in [1.807, 2.05) is 16.0 Å². The van der Waals surface area contributed by atoms with Gasteiger partial charge in [-0.05, 0) is 45.9 Å². The van der Waals surface area contributed by atoms with Gasteiger partial charge in [0.15, 0.2) is 0 Å². The summed E-state index contributed by atoms with van der Waals surface area (Å²) in [6.45, 7) is 9.52. The molecule has 1 atom stereocenters. The Labute approximate surface area is 130 Å². The van der Waals surface area contributed by atoms with Gasteiger partial charge in [-0.2, -0.15) is 5.10 Å². The Morgan fingerprint density at radius 1 is 1.40 bits per heavy atom. The van der Waals surface area contributed by atoms with E-state index in [2.05, 4.69) is 50.2 Å². The predicted octanol–water partition coefficient (Wildman–Crippen LogP) is 4.58. The second kappa shape index (κ2) is 6.74. The number of hydrogen-bond acceptors (Lipinski definition) is 3. The monoisotopic (exact) mass is 311 g/mol. The number of halogens is 1. The highest BCUT2D eigenvalue weighted by Crippen LogP contribution is 2.33. The molecular weight excluding hydrogens is 290 g/mol. The molecule has 2 heterocycles. The maximum atomic E-state index is 6.40. The number of rotatable bonds is 6. The van der Waals surface area contributed by atoms with Crippen LogP contribution in [0.1, 0.15) is 54.7 Å². The van der Waals surface area contributed by atoms with E-state index in [4.69, 9.17) is 11.6 Å². The third kappa shape index (κ3) is 3.25. The van der Waals surface area contributed by atoms with Gasteiger partial charge in [-0.25, -0.2) is 0 Å². The lowest BCUT2D eigenvalue weighted by Gasteiger charge is -2.21. The number of nitrogens with zero attached hydrogens (tertiary/aromatic N) is 2. The Morgan fingerprint density at radius 3 is 2.70 bits per heavy atom. The fourth-order valence-electron chi connectivity index (χ4n) is 2.26. The highest BCUT2D eigenvalue weighted by molar-refractivity contribution is 7.12. The topological polar surface area (TPSA) is 29.9 Å². The van der Waals surface area contributed by atoms with E-state index in [1.54, 1.807) is 6.20 Å². The van der Waals surface area contributed by atoms with Crippen molar-refractivity contribution in [2.45, 2.75) is 46.2 Å². The van der Waals surface area contributed by atoms with E-state index in [0.717, 1.165) is 23.7 Å². The normalized spacial score (nSPS) is 13.1. The summed E-state index contributed by atoms with van der Waals surface area (Å²) in [5, 5.41) is 8.76. The Hall–Kier alpha value is -0.840. The van der Waals surface area contributed by atoms with Crippen LogP contribution in [0, 0.1) is 6.92 Å².